The topological polar surface area (TPSA) is 12.4 Å². The highest BCUT2D eigenvalue weighted by Crippen LogP contribution is 2.15. The molecule has 1 atom stereocenters. The van der Waals surface area contributed by atoms with E-state index in [-0.39, 0.29) is 0 Å². The molecule has 0 aliphatic heterocycles. The lowest BCUT2D eigenvalue weighted by Crippen LogP contribution is -2.04. The molecule has 0 fully saturated rings. The summed E-state index contributed by atoms with van der Waals surface area (Å²) < 4.78 is 0. The molecule has 0 amide bonds. The van der Waals surface area contributed by atoms with Gasteiger partial charge in [-0.3, -0.25) is 4.99 Å². The average Bonchev–Trinajstić information content (AvgIpc) is 2.30. The first kappa shape index (κ1) is 15.6. The second-order valence-electron chi connectivity index (χ2n) is 4.51. The van der Waals surface area contributed by atoms with Gasteiger partial charge in [0, 0.05) is 11.9 Å². The normalized spacial score (nSPS) is 14.8. The average molecular weight is 231 g/mol. The molecule has 94 valence electrons. The minimum atomic E-state index is 0.405. The van der Waals surface area contributed by atoms with E-state index in [2.05, 4.69) is 57.1 Å². The Bertz CT molecular complexity index is 329. The number of rotatable bonds is 7. The number of nitrogens with zero attached hydrogens (tertiary/aromatic N) is 1. The van der Waals surface area contributed by atoms with E-state index in [4.69, 9.17) is 0 Å². The Morgan fingerprint density at radius 2 is 1.88 bits per heavy atom. The maximum absolute atomic E-state index is 4.26. The zero-order valence-electron chi connectivity index (χ0n) is 11.6. The van der Waals surface area contributed by atoms with Crippen LogP contribution in [0.4, 0.5) is 0 Å². The van der Waals surface area contributed by atoms with E-state index in [0.717, 1.165) is 17.7 Å². The molecule has 1 nitrogen and oxygen atoms in total. The van der Waals surface area contributed by atoms with Gasteiger partial charge in [-0.15, -0.1) is 0 Å². The first-order valence-electron chi connectivity index (χ1n) is 6.19. The molecular formula is C16H25N. The maximum atomic E-state index is 4.26. The summed E-state index contributed by atoms with van der Waals surface area (Å²) in [5.41, 5.74) is 2.18. The first-order chi connectivity index (χ1) is 8.02. The second-order valence-corrected chi connectivity index (χ2v) is 4.51. The van der Waals surface area contributed by atoms with E-state index in [1.165, 1.54) is 0 Å². The third-order valence-corrected chi connectivity index (χ3v) is 2.66. The van der Waals surface area contributed by atoms with Gasteiger partial charge in [0.25, 0.3) is 0 Å². The van der Waals surface area contributed by atoms with Gasteiger partial charge in [0.1, 0.15) is 0 Å². The summed E-state index contributed by atoms with van der Waals surface area (Å²) in [5.74, 6) is 0.877. The van der Waals surface area contributed by atoms with Crippen molar-refractivity contribution in [1.29, 1.82) is 0 Å². The molecule has 1 unspecified atom stereocenters. The third-order valence-electron chi connectivity index (χ3n) is 2.66. The van der Waals surface area contributed by atoms with Crippen molar-refractivity contribution in [3.8, 4) is 0 Å². The van der Waals surface area contributed by atoms with Gasteiger partial charge < -0.3 is 0 Å². The van der Waals surface area contributed by atoms with Crippen LogP contribution in [-0.2, 0) is 0 Å². The molecular weight excluding hydrogens is 206 g/mol. The molecule has 0 bridgehead atoms. The number of hydrogen-bond donors (Lipinski definition) is 0. The molecule has 0 heterocycles. The Morgan fingerprint density at radius 1 is 1.24 bits per heavy atom. The molecule has 0 N–H and O–H groups in total. The van der Waals surface area contributed by atoms with Crippen LogP contribution < -0.4 is 0 Å². The van der Waals surface area contributed by atoms with Gasteiger partial charge in [-0.25, -0.2) is 0 Å². The molecule has 1 heteroatoms. The molecule has 0 aromatic carbocycles. The van der Waals surface area contributed by atoms with Crippen molar-refractivity contribution in [1.82, 2.24) is 0 Å². The summed E-state index contributed by atoms with van der Waals surface area (Å²) in [7, 11) is 0. The van der Waals surface area contributed by atoms with Gasteiger partial charge in [-0.2, -0.15) is 0 Å². The predicted octanol–water partition coefficient (Wildman–Crippen LogP) is 4.94. The second kappa shape index (κ2) is 8.74. The molecule has 0 aliphatic carbocycles. The smallest absolute Gasteiger partial charge is 0.0428 e. The Kier molecular flexibility index (Phi) is 8.04. The van der Waals surface area contributed by atoms with Gasteiger partial charge in [0.05, 0.1) is 0 Å². The highest BCUT2D eigenvalue weighted by atomic mass is 14.7. The van der Waals surface area contributed by atoms with Crippen LogP contribution in [0, 0.1) is 11.8 Å². The Labute approximate surface area is 106 Å². The molecule has 0 radical (unpaired) electrons. The van der Waals surface area contributed by atoms with E-state index in [1.54, 1.807) is 6.20 Å². The van der Waals surface area contributed by atoms with Crippen molar-refractivity contribution in [2.45, 2.75) is 34.1 Å². The third kappa shape index (κ3) is 6.72. The summed E-state index contributed by atoms with van der Waals surface area (Å²) in [6, 6.07) is 0. The van der Waals surface area contributed by atoms with E-state index >= 15 is 0 Å². The van der Waals surface area contributed by atoms with Crippen LogP contribution in [0.5, 0.6) is 0 Å². The summed E-state index contributed by atoms with van der Waals surface area (Å²) in [5, 5.41) is 0. The van der Waals surface area contributed by atoms with Crippen LogP contribution >= 0.6 is 0 Å². The van der Waals surface area contributed by atoms with Crippen molar-refractivity contribution >= 4 is 5.71 Å². The summed E-state index contributed by atoms with van der Waals surface area (Å²) >= 11 is 0. The van der Waals surface area contributed by atoms with Crippen LogP contribution in [0.1, 0.15) is 34.1 Å². The van der Waals surface area contributed by atoms with Gasteiger partial charge in [0.15, 0.2) is 0 Å². The summed E-state index contributed by atoms with van der Waals surface area (Å²) in [4.78, 5) is 4.26. The fourth-order valence-corrected chi connectivity index (χ4v) is 1.34. The van der Waals surface area contributed by atoms with E-state index in [9.17, 15) is 0 Å². The first-order valence-corrected chi connectivity index (χ1v) is 6.19. The number of allylic oxidation sites excluding steroid dienone is 5. The largest absolute Gasteiger partial charge is 0.262 e. The Morgan fingerprint density at radius 3 is 2.35 bits per heavy atom. The Hall–Kier alpha value is -1.37. The SMILES string of the molecule is C=CN=C(/C=C\C(=C)C(C)C/C=C/C)C(C)C. The van der Waals surface area contributed by atoms with Gasteiger partial charge >= 0.3 is 0 Å². The maximum Gasteiger partial charge on any atom is 0.0428 e. The van der Waals surface area contributed by atoms with Crippen LogP contribution in [0.3, 0.4) is 0 Å². The minimum absolute atomic E-state index is 0.405. The summed E-state index contributed by atoms with van der Waals surface area (Å²) in [6.07, 6.45) is 11.0. The van der Waals surface area contributed by atoms with Crippen molar-refractivity contribution in [2.24, 2.45) is 16.8 Å². The number of aliphatic imine (C=N–C) groups is 1. The quantitative estimate of drug-likeness (QED) is 0.334. The predicted molar refractivity (Wildman–Crippen MR) is 79.3 cm³/mol. The fourth-order valence-electron chi connectivity index (χ4n) is 1.34. The monoisotopic (exact) mass is 231 g/mol. The van der Waals surface area contributed by atoms with Gasteiger partial charge in [0.2, 0.25) is 0 Å². The van der Waals surface area contributed by atoms with Crippen LogP contribution in [0.25, 0.3) is 0 Å². The summed E-state index contributed by atoms with van der Waals surface area (Å²) in [6.45, 7) is 16.2. The highest BCUT2D eigenvalue weighted by molar-refractivity contribution is 5.97. The van der Waals surface area contributed by atoms with Crippen molar-refractivity contribution in [3.05, 3.63) is 49.2 Å². The molecule has 0 saturated heterocycles. The van der Waals surface area contributed by atoms with Crippen molar-refractivity contribution < 1.29 is 0 Å². The lowest BCUT2D eigenvalue weighted by molar-refractivity contribution is 0.714. The molecule has 0 aromatic rings. The fraction of sp³-hybridized carbons (Fsp3) is 0.438. The molecule has 0 aliphatic rings. The van der Waals surface area contributed by atoms with E-state index in [0.29, 0.717) is 11.8 Å². The zero-order chi connectivity index (χ0) is 13.3. The van der Waals surface area contributed by atoms with E-state index < -0.39 is 0 Å². The lowest BCUT2D eigenvalue weighted by Gasteiger charge is -2.09. The molecule has 17 heavy (non-hydrogen) atoms. The van der Waals surface area contributed by atoms with E-state index in [1.807, 2.05) is 13.0 Å². The van der Waals surface area contributed by atoms with Crippen LogP contribution in [0.2, 0.25) is 0 Å². The highest BCUT2D eigenvalue weighted by Gasteiger charge is 2.03. The van der Waals surface area contributed by atoms with Gasteiger partial charge in [-0.1, -0.05) is 57.7 Å². The van der Waals surface area contributed by atoms with Crippen LogP contribution in [-0.4, -0.2) is 5.71 Å². The Balaban J connectivity index is 4.54. The van der Waals surface area contributed by atoms with Gasteiger partial charge in [-0.05, 0) is 31.3 Å². The molecule has 0 aromatic heterocycles. The zero-order valence-corrected chi connectivity index (χ0v) is 11.6. The standard InChI is InChI=1S/C16H25N/c1-7-9-10-14(5)15(6)11-12-16(13(3)4)17-8-2/h7-9,11-14H,2,6,10H2,1,3-5H3/b9-7+,12-11-,17-16?. The minimum Gasteiger partial charge on any atom is -0.262 e. The number of hydrogen-bond acceptors (Lipinski definition) is 1. The molecule has 0 saturated carbocycles. The van der Waals surface area contributed by atoms with Crippen LogP contribution in [0.15, 0.2) is 54.2 Å². The van der Waals surface area contributed by atoms with Crippen molar-refractivity contribution in [3.63, 3.8) is 0 Å². The molecule has 0 spiro atoms. The lowest BCUT2D eigenvalue weighted by atomic mass is 9.97. The van der Waals surface area contributed by atoms with Crippen molar-refractivity contribution in [2.75, 3.05) is 0 Å². The molecule has 0 rings (SSSR count).